The van der Waals surface area contributed by atoms with Crippen LogP contribution in [0.2, 0.25) is 5.02 Å². The van der Waals surface area contributed by atoms with Gasteiger partial charge in [-0.2, -0.15) is 0 Å². The van der Waals surface area contributed by atoms with Crippen LogP contribution in [-0.2, 0) is 9.47 Å². The number of ether oxygens (including phenoxy) is 2. The molecule has 0 spiro atoms. The molecular weight excluding hydrogens is 527 g/mol. The van der Waals surface area contributed by atoms with E-state index in [4.69, 9.17) is 21.1 Å². The van der Waals surface area contributed by atoms with Gasteiger partial charge in [-0.15, -0.1) is 24.0 Å². The number of rotatable bonds is 9. The molecule has 1 unspecified atom stereocenters. The first kappa shape index (κ1) is 26.5. The molecule has 0 radical (unpaired) electrons. The van der Waals surface area contributed by atoms with E-state index >= 15 is 0 Å². The summed E-state index contributed by atoms with van der Waals surface area (Å²) in [7, 11) is 1.83. The second-order valence-corrected chi connectivity index (χ2v) is 8.83. The van der Waals surface area contributed by atoms with Crippen LogP contribution in [0.25, 0.3) is 0 Å². The smallest absolute Gasteiger partial charge is 0.190 e. The summed E-state index contributed by atoms with van der Waals surface area (Å²) in [6.07, 6.45) is 4.42. The van der Waals surface area contributed by atoms with Crippen molar-refractivity contribution >= 4 is 47.2 Å². The van der Waals surface area contributed by atoms with Gasteiger partial charge in [-0.05, 0) is 62.1 Å². The zero-order valence-corrected chi connectivity index (χ0v) is 22.0. The van der Waals surface area contributed by atoms with E-state index in [1.807, 2.05) is 13.1 Å². The van der Waals surface area contributed by atoms with Crippen molar-refractivity contribution in [2.75, 3.05) is 64.6 Å². The van der Waals surface area contributed by atoms with Crippen molar-refractivity contribution in [1.82, 2.24) is 10.6 Å². The van der Waals surface area contributed by atoms with Gasteiger partial charge in [0.05, 0.1) is 0 Å². The Hall–Kier alpha value is -0.770. The minimum Gasteiger partial charge on any atom is -0.381 e. The summed E-state index contributed by atoms with van der Waals surface area (Å²) in [5, 5.41) is 7.69. The van der Waals surface area contributed by atoms with E-state index in [-0.39, 0.29) is 24.0 Å². The summed E-state index contributed by atoms with van der Waals surface area (Å²) in [6.45, 7) is 9.48. The van der Waals surface area contributed by atoms with Crippen LogP contribution in [-0.4, -0.2) is 65.6 Å². The number of guanidine groups is 1. The summed E-state index contributed by atoms with van der Waals surface area (Å²) in [6, 6.07) is 6.14. The molecule has 31 heavy (non-hydrogen) atoms. The zero-order valence-electron chi connectivity index (χ0n) is 18.9. The second kappa shape index (κ2) is 14.4. The minimum atomic E-state index is 0. The molecular formula is C23H38ClIN4O2. The molecule has 3 rings (SSSR count). The van der Waals surface area contributed by atoms with Gasteiger partial charge in [0, 0.05) is 70.4 Å². The van der Waals surface area contributed by atoms with Crippen LogP contribution in [0.15, 0.2) is 23.2 Å². The summed E-state index contributed by atoms with van der Waals surface area (Å²) >= 11 is 6.20. The van der Waals surface area contributed by atoms with Gasteiger partial charge < -0.3 is 25.0 Å². The van der Waals surface area contributed by atoms with Gasteiger partial charge in [-0.25, -0.2) is 0 Å². The van der Waals surface area contributed by atoms with Crippen molar-refractivity contribution in [3.8, 4) is 0 Å². The lowest BCUT2D eigenvalue weighted by molar-refractivity contribution is 0.0203. The molecule has 0 amide bonds. The number of anilines is 1. The third-order valence-corrected chi connectivity index (χ3v) is 6.27. The molecule has 2 aliphatic heterocycles. The maximum Gasteiger partial charge on any atom is 0.190 e. The molecule has 6 nitrogen and oxygen atoms in total. The number of hydrogen-bond donors (Lipinski definition) is 2. The standard InChI is InChI=1S/C23H37ClN4O2.HI/c1-18-4-5-21(24)14-22(18)28-10-6-20(16-28)15-27-23(25-2)26-9-3-11-30-17-19-7-12-29-13-8-19;/h4-5,14,19-20H,3,6-13,15-17H2,1-2H3,(H2,25,26,27);1H. The van der Waals surface area contributed by atoms with Crippen LogP contribution in [0.1, 0.15) is 31.2 Å². The molecule has 0 saturated carbocycles. The predicted molar refractivity (Wildman–Crippen MR) is 140 cm³/mol. The maximum atomic E-state index is 6.20. The van der Waals surface area contributed by atoms with E-state index in [0.29, 0.717) is 11.8 Å². The van der Waals surface area contributed by atoms with Gasteiger partial charge in [0.15, 0.2) is 5.96 Å². The number of hydrogen-bond acceptors (Lipinski definition) is 4. The third-order valence-electron chi connectivity index (χ3n) is 6.03. The van der Waals surface area contributed by atoms with Crippen molar-refractivity contribution in [3.63, 3.8) is 0 Å². The quantitative estimate of drug-likeness (QED) is 0.205. The van der Waals surface area contributed by atoms with Gasteiger partial charge in [-0.1, -0.05) is 17.7 Å². The van der Waals surface area contributed by atoms with E-state index < -0.39 is 0 Å². The number of halogens is 2. The van der Waals surface area contributed by atoms with Gasteiger partial charge >= 0.3 is 0 Å². The molecule has 2 saturated heterocycles. The second-order valence-electron chi connectivity index (χ2n) is 8.40. The Morgan fingerprint density at radius 3 is 2.81 bits per heavy atom. The van der Waals surface area contributed by atoms with E-state index in [9.17, 15) is 0 Å². The molecule has 2 aliphatic rings. The van der Waals surface area contributed by atoms with Crippen molar-refractivity contribution in [2.45, 2.75) is 32.6 Å². The fourth-order valence-electron chi connectivity index (χ4n) is 4.15. The number of nitrogens with one attached hydrogen (secondary N) is 2. The highest BCUT2D eigenvalue weighted by molar-refractivity contribution is 14.0. The number of aliphatic imine (C=N–C) groups is 1. The average Bonchev–Trinajstić information content (AvgIpc) is 3.24. The molecule has 176 valence electrons. The third kappa shape index (κ3) is 8.94. The van der Waals surface area contributed by atoms with Crippen molar-refractivity contribution in [2.24, 2.45) is 16.8 Å². The molecule has 2 fully saturated rings. The molecule has 2 N–H and O–H groups in total. The highest BCUT2D eigenvalue weighted by Gasteiger charge is 2.24. The maximum absolute atomic E-state index is 6.20. The summed E-state index contributed by atoms with van der Waals surface area (Å²) in [4.78, 5) is 6.80. The first-order chi connectivity index (χ1) is 14.7. The lowest BCUT2D eigenvalue weighted by Gasteiger charge is -2.22. The summed E-state index contributed by atoms with van der Waals surface area (Å²) < 4.78 is 11.2. The van der Waals surface area contributed by atoms with Crippen LogP contribution < -0.4 is 15.5 Å². The lowest BCUT2D eigenvalue weighted by atomic mass is 10.0. The SMILES string of the molecule is CN=C(NCCCOCC1CCOCC1)NCC1CCN(c2cc(Cl)ccc2C)C1.I. The van der Waals surface area contributed by atoms with Crippen LogP contribution >= 0.6 is 35.6 Å². The van der Waals surface area contributed by atoms with Crippen LogP contribution in [0.5, 0.6) is 0 Å². The normalized spacial score (nSPS) is 19.9. The molecule has 1 aromatic carbocycles. The fraction of sp³-hybridized carbons (Fsp3) is 0.696. The summed E-state index contributed by atoms with van der Waals surface area (Å²) in [5.74, 6) is 2.14. The van der Waals surface area contributed by atoms with Crippen molar-refractivity contribution in [3.05, 3.63) is 28.8 Å². The minimum absolute atomic E-state index is 0. The predicted octanol–water partition coefficient (Wildman–Crippen LogP) is 4.09. The van der Waals surface area contributed by atoms with E-state index in [1.165, 1.54) is 17.7 Å². The number of benzene rings is 1. The Kier molecular flexibility index (Phi) is 12.3. The van der Waals surface area contributed by atoms with E-state index in [2.05, 4.69) is 39.6 Å². The number of aryl methyl sites for hydroxylation is 1. The molecule has 2 heterocycles. The molecule has 0 bridgehead atoms. The first-order valence-corrected chi connectivity index (χ1v) is 11.6. The fourth-order valence-corrected chi connectivity index (χ4v) is 4.31. The van der Waals surface area contributed by atoms with Gasteiger partial charge in [-0.3, -0.25) is 4.99 Å². The van der Waals surface area contributed by atoms with Gasteiger partial charge in [0.25, 0.3) is 0 Å². The molecule has 0 aliphatic carbocycles. The Balaban J connectivity index is 0.00000341. The van der Waals surface area contributed by atoms with Crippen LogP contribution in [0.4, 0.5) is 5.69 Å². The Morgan fingerprint density at radius 1 is 1.23 bits per heavy atom. The number of nitrogens with zero attached hydrogens (tertiary/aromatic N) is 2. The molecule has 8 heteroatoms. The molecule has 0 aromatic heterocycles. The zero-order chi connectivity index (χ0) is 21.2. The topological polar surface area (TPSA) is 58.1 Å². The summed E-state index contributed by atoms with van der Waals surface area (Å²) in [5.41, 5.74) is 2.54. The van der Waals surface area contributed by atoms with E-state index in [1.54, 1.807) is 0 Å². The Bertz CT molecular complexity index is 686. The molecule has 1 atom stereocenters. The highest BCUT2D eigenvalue weighted by Crippen LogP contribution is 2.29. The van der Waals surface area contributed by atoms with Gasteiger partial charge in [0.1, 0.15) is 0 Å². The lowest BCUT2D eigenvalue weighted by Crippen LogP contribution is -2.40. The van der Waals surface area contributed by atoms with Crippen LogP contribution in [0.3, 0.4) is 0 Å². The first-order valence-electron chi connectivity index (χ1n) is 11.3. The monoisotopic (exact) mass is 564 g/mol. The van der Waals surface area contributed by atoms with Gasteiger partial charge in [0.2, 0.25) is 0 Å². The molecule has 1 aromatic rings. The van der Waals surface area contributed by atoms with Crippen molar-refractivity contribution in [1.29, 1.82) is 0 Å². The van der Waals surface area contributed by atoms with Crippen molar-refractivity contribution < 1.29 is 9.47 Å². The average molecular weight is 565 g/mol. The highest BCUT2D eigenvalue weighted by atomic mass is 127. The van der Waals surface area contributed by atoms with Crippen LogP contribution in [0, 0.1) is 18.8 Å². The Labute approximate surface area is 209 Å². The Morgan fingerprint density at radius 2 is 2.03 bits per heavy atom. The van der Waals surface area contributed by atoms with E-state index in [0.717, 1.165) is 82.9 Å². The largest absolute Gasteiger partial charge is 0.381 e.